The summed E-state index contributed by atoms with van der Waals surface area (Å²) in [6.45, 7) is 0. The number of hydrogen-bond acceptors (Lipinski definition) is 5. The molecule has 0 aliphatic rings. The first kappa shape index (κ1) is 28.2. The maximum atomic E-state index is 6.36. The van der Waals surface area contributed by atoms with Crippen LogP contribution in [-0.4, -0.2) is 15.0 Å². The molecule has 7 aromatic carbocycles. The monoisotopic (exact) mass is 641 g/mol. The Kier molecular flexibility index (Phi) is 6.42. The van der Waals surface area contributed by atoms with E-state index in [0.717, 1.165) is 82.8 Å². The fraction of sp³-hybridized carbons (Fsp3) is 0. The third kappa shape index (κ3) is 4.60. The van der Waals surface area contributed by atoms with Crippen LogP contribution in [0.25, 0.3) is 100 Å². The van der Waals surface area contributed by atoms with E-state index in [2.05, 4.69) is 66.7 Å². The van der Waals surface area contributed by atoms with Gasteiger partial charge in [-0.2, -0.15) is 0 Å². The van der Waals surface area contributed by atoms with Crippen LogP contribution in [0.1, 0.15) is 0 Å². The van der Waals surface area contributed by atoms with Gasteiger partial charge in [0.2, 0.25) is 0 Å². The molecule has 0 fully saturated rings. The molecular formula is C45H27N3O2. The molecule has 0 spiro atoms. The van der Waals surface area contributed by atoms with Crippen molar-refractivity contribution in [3.05, 3.63) is 164 Å². The summed E-state index contributed by atoms with van der Waals surface area (Å²) < 4.78 is 12.6. The SMILES string of the molecule is c1ccc(-c2nc(-c3ccccc3)nc(-c3c(-c4ccc5oc6ccccc6c5c4)cccc3-c3cccc4oc5ccccc5c34)n2)cc1. The molecular weight excluding hydrogens is 615 g/mol. The van der Waals surface area contributed by atoms with Gasteiger partial charge in [0.15, 0.2) is 17.5 Å². The van der Waals surface area contributed by atoms with Crippen molar-refractivity contribution in [2.45, 2.75) is 0 Å². The number of furan rings is 2. The molecule has 0 N–H and O–H groups in total. The first-order valence-electron chi connectivity index (χ1n) is 16.6. The summed E-state index contributed by atoms with van der Waals surface area (Å²) in [6, 6.07) is 55.7. The van der Waals surface area contributed by atoms with Crippen molar-refractivity contribution in [2.75, 3.05) is 0 Å². The minimum absolute atomic E-state index is 0.588. The zero-order chi connectivity index (χ0) is 33.0. The molecule has 3 heterocycles. The maximum Gasteiger partial charge on any atom is 0.165 e. The average molecular weight is 642 g/mol. The van der Waals surface area contributed by atoms with Gasteiger partial charge in [0, 0.05) is 38.2 Å². The van der Waals surface area contributed by atoms with Gasteiger partial charge in [-0.15, -0.1) is 0 Å². The molecule has 0 unspecified atom stereocenters. The number of fused-ring (bicyclic) bond motifs is 6. The Morgan fingerprint density at radius 2 is 0.840 bits per heavy atom. The van der Waals surface area contributed by atoms with Crippen LogP contribution in [0.5, 0.6) is 0 Å². The Hall–Kier alpha value is -6.85. The van der Waals surface area contributed by atoms with Gasteiger partial charge >= 0.3 is 0 Å². The van der Waals surface area contributed by atoms with E-state index in [-0.39, 0.29) is 0 Å². The molecule has 50 heavy (non-hydrogen) atoms. The molecule has 0 radical (unpaired) electrons. The molecule has 234 valence electrons. The van der Waals surface area contributed by atoms with Crippen LogP contribution < -0.4 is 0 Å². The van der Waals surface area contributed by atoms with Gasteiger partial charge in [0.05, 0.1) is 0 Å². The Bertz CT molecular complexity index is 2810. The standard InChI is InChI=1S/C45H27N3O2/c1-3-13-28(14-4-1)43-46-44(29-15-5-2-6-16-29)48-45(47-43)42-31(30-25-26-39-36(27-30)32-17-7-9-22-37(32)49-39)19-11-20-34(42)33-21-12-24-40-41(33)35-18-8-10-23-38(35)50-40/h1-27H. The molecule has 0 bridgehead atoms. The molecule has 3 aromatic heterocycles. The smallest absolute Gasteiger partial charge is 0.165 e. The highest BCUT2D eigenvalue weighted by molar-refractivity contribution is 6.14. The van der Waals surface area contributed by atoms with E-state index in [4.69, 9.17) is 23.8 Å². The Labute approximate surface area is 287 Å². The molecule has 10 rings (SSSR count). The lowest BCUT2D eigenvalue weighted by Crippen LogP contribution is -2.02. The fourth-order valence-corrected chi connectivity index (χ4v) is 7.07. The highest BCUT2D eigenvalue weighted by atomic mass is 16.3. The molecule has 0 aliphatic heterocycles. The van der Waals surface area contributed by atoms with Crippen LogP contribution >= 0.6 is 0 Å². The number of aromatic nitrogens is 3. The van der Waals surface area contributed by atoms with Gasteiger partial charge in [-0.05, 0) is 52.6 Å². The van der Waals surface area contributed by atoms with Crippen LogP contribution in [0.4, 0.5) is 0 Å². The van der Waals surface area contributed by atoms with E-state index in [9.17, 15) is 0 Å². The lowest BCUT2D eigenvalue weighted by molar-refractivity contribution is 0.668. The third-order valence-electron chi connectivity index (χ3n) is 9.37. The Balaban J connectivity index is 1.31. The molecule has 0 saturated heterocycles. The van der Waals surface area contributed by atoms with Crippen LogP contribution in [0.2, 0.25) is 0 Å². The molecule has 0 aliphatic carbocycles. The predicted molar refractivity (Wildman–Crippen MR) is 202 cm³/mol. The van der Waals surface area contributed by atoms with Gasteiger partial charge in [0.25, 0.3) is 0 Å². The van der Waals surface area contributed by atoms with Crippen molar-refractivity contribution in [2.24, 2.45) is 0 Å². The molecule has 0 atom stereocenters. The molecule has 0 amide bonds. The molecule has 0 saturated carbocycles. The lowest BCUT2D eigenvalue weighted by Gasteiger charge is -2.17. The second-order valence-electron chi connectivity index (χ2n) is 12.4. The summed E-state index contributed by atoms with van der Waals surface area (Å²) in [4.78, 5) is 15.5. The molecule has 5 heteroatoms. The third-order valence-corrected chi connectivity index (χ3v) is 9.37. The number of nitrogens with zero attached hydrogens (tertiary/aromatic N) is 3. The van der Waals surface area contributed by atoms with Gasteiger partial charge < -0.3 is 8.83 Å². The van der Waals surface area contributed by atoms with E-state index in [0.29, 0.717) is 17.5 Å². The number of hydrogen-bond donors (Lipinski definition) is 0. The summed E-state index contributed by atoms with van der Waals surface area (Å²) >= 11 is 0. The van der Waals surface area contributed by atoms with E-state index in [1.165, 1.54) is 0 Å². The quantitative estimate of drug-likeness (QED) is 0.187. The number of benzene rings is 7. The van der Waals surface area contributed by atoms with Gasteiger partial charge in [0.1, 0.15) is 22.3 Å². The molecule has 5 nitrogen and oxygen atoms in total. The highest BCUT2D eigenvalue weighted by Gasteiger charge is 2.23. The van der Waals surface area contributed by atoms with Crippen LogP contribution in [0.15, 0.2) is 173 Å². The zero-order valence-electron chi connectivity index (χ0n) is 26.7. The minimum atomic E-state index is 0.588. The number of para-hydroxylation sites is 2. The van der Waals surface area contributed by atoms with Crippen LogP contribution in [0.3, 0.4) is 0 Å². The maximum absolute atomic E-state index is 6.36. The summed E-state index contributed by atoms with van der Waals surface area (Å²) in [5.74, 6) is 1.81. The largest absolute Gasteiger partial charge is 0.456 e. The normalized spacial score (nSPS) is 11.6. The van der Waals surface area contributed by atoms with E-state index >= 15 is 0 Å². The minimum Gasteiger partial charge on any atom is -0.456 e. The summed E-state index contributed by atoms with van der Waals surface area (Å²) in [5, 5.41) is 4.25. The second-order valence-corrected chi connectivity index (χ2v) is 12.4. The van der Waals surface area contributed by atoms with Crippen molar-refractivity contribution < 1.29 is 8.83 Å². The zero-order valence-corrected chi connectivity index (χ0v) is 26.7. The van der Waals surface area contributed by atoms with Crippen molar-refractivity contribution in [1.82, 2.24) is 15.0 Å². The van der Waals surface area contributed by atoms with Crippen molar-refractivity contribution in [1.29, 1.82) is 0 Å². The highest BCUT2D eigenvalue weighted by Crippen LogP contribution is 2.45. The Morgan fingerprint density at radius 3 is 1.58 bits per heavy atom. The van der Waals surface area contributed by atoms with E-state index in [1.807, 2.05) is 97.1 Å². The predicted octanol–water partition coefficient (Wildman–Crippen LogP) is 12.0. The van der Waals surface area contributed by atoms with E-state index in [1.54, 1.807) is 0 Å². The van der Waals surface area contributed by atoms with Gasteiger partial charge in [-0.1, -0.05) is 133 Å². The van der Waals surface area contributed by atoms with Crippen molar-refractivity contribution in [3.63, 3.8) is 0 Å². The first-order chi connectivity index (χ1) is 24.8. The summed E-state index contributed by atoms with van der Waals surface area (Å²) in [7, 11) is 0. The average Bonchev–Trinajstić information content (AvgIpc) is 3.76. The van der Waals surface area contributed by atoms with Crippen LogP contribution in [-0.2, 0) is 0 Å². The number of rotatable bonds is 5. The van der Waals surface area contributed by atoms with Crippen molar-refractivity contribution >= 4 is 43.9 Å². The second kappa shape index (κ2) is 11.4. The fourth-order valence-electron chi connectivity index (χ4n) is 7.07. The topological polar surface area (TPSA) is 65.0 Å². The molecule has 10 aromatic rings. The summed E-state index contributed by atoms with van der Waals surface area (Å²) in [6.07, 6.45) is 0. The lowest BCUT2D eigenvalue weighted by atomic mass is 9.89. The van der Waals surface area contributed by atoms with Crippen LogP contribution in [0, 0.1) is 0 Å². The first-order valence-corrected chi connectivity index (χ1v) is 16.6. The van der Waals surface area contributed by atoms with E-state index < -0.39 is 0 Å². The Morgan fingerprint density at radius 1 is 0.320 bits per heavy atom. The summed E-state index contributed by atoms with van der Waals surface area (Å²) in [5.41, 5.74) is 10.2. The van der Waals surface area contributed by atoms with Crippen molar-refractivity contribution in [3.8, 4) is 56.4 Å². The van der Waals surface area contributed by atoms with Gasteiger partial charge in [-0.3, -0.25) is 0 Å². The van der Waals surface area contributed by atoms with Gasteiger partial charge in [-0.25, -0.2) is 15.0 Å².